The number of aliphatic hydroxyl groups is 3. The van der Waals surface area contributed by atoms with Crippen LogP contribution < -0.4 is 0 Å². The molecule has 1 aliphatic heterocycles. The zero-order valence-corrected chi connectivity index (χ0v) is 40.3. The van der Waals surface area contributed by atoms with Crippen LogP contribution in [0.5, 0.6) is 0 Å². The van der Waals surface area contributed by atoms with Crippen molar-refractivity contribution in [1.82, 2.24) is 0 Å². The molecule has 62 heavy (non-hydrogen) atoms. The van der Waals surface area contributed by atoms with Crippen molar-refractivity contribution in [3.8, 4) is 0 Å². The molecule has 1 heterocycles. The number of hydrogen-bond donors (Lipinski definition) is 3. The number of rotatable bonds is 26. The highest BCUT2D eigenvalue weighted by Gasteiger charge is 2.59. The van der Waals surface area contributed by atoms with Gasteiger partial charge in [0.25, 0.3) is 0 Å². The second-order valence-electron chi connectivity index (χ2n) is 21.5. The number of carbonyl (C=O) groups is 1. The van der Waals surface area contributed by atoms with E-state index in [9.17, 15) is 20.1 Å². The molecule has 0 bridgehead atoms. The van der Waals surface area contributed by atoms with E-state index >= 15 is 0 Å². The van der Waals surface area contributed by atoms with Crippen molar-refractivity contribution in [2.24, 2.45) is 46.3 Å². The molecule has 5 aliphatic rings. The number of esters is 1. The molecule has 4 fully saturated rings. The number of carbonyl (C=O) groups excluding carboxylic acids is 1. The molecule has 0 aromatic heterocycles. The third-order valence-corrected chi connectivity index (χ3v) is 16.7. The van der Waals surface area contributed by atoms with Gasteiger partial charge in [0, 0.05) is 6.42 Å². The number of aliphatic hydroxyl groups excluding tert-OH is 3. The van der Waals surface area contributed by atoms with E-state index in [2.05, 4.69) is 84.1 Å². The van der Waals surface area contributed by atoms with Gasteiger partial charge in [0.05, 0.1) is 6.10 Å². The Kier molecular flexibility index (Phi) is 21.3. The molecular weight excluding hydrogens is 773 g/mol. The topological polar surface area (TPSA) is 105 Å². The molecule has 0 aromatic rings. The van der Waals surface area contributed by atoms with E-state index in [1.807, 2.05) is 0 Å². The summed E-state index contributed by atoms with van der Waals surface area (Å²) in [4.78, 5) is 12.6. The first kappa shape index (κ1) is 51.2. The van der Waals surface area contributed by atoms with Crippen LogP contribution in [0.4, 0.5) is 0 Å². The highest BCUT2D eigenvalue weighted by atomic mass is 16.7. The van der Waals surface area contributed by atoms with E-state index in [1.165, 1.54) is 89.0 Å². The van der Waals surface area contributed by atoms with Crippen molar-refractivity contribution in [3.63, 3.8) is 0 Å². The number of hydrogen-bond acceptors (Lipinski definition) is 7. The van der Waals surface area contributed by atoms with Gasteiger partial charge in [-0.05, 0) is 143 Å². The Labute approximate surface area is 379 Å². The van der Waals surface area contributed by atoms with Crippen molar-refractivity contribution >= 4 is 5.97 Å². The van der Waals surface area contributed by atoms with E-state index in [4.69, 9.17) is 14.2 Å². The standard InChI is InChI=1S/C55H92O7/c1-7-8-9-10-11-12-13-14-15-16-17-18-19-20-21-22-23-24-25-29-49(56)60-39-48-50(57)51(58)52(59)53(62-48)61-43-34-36-54(5)42(38-43)30-31-44-46-33-32-45(41(4)28-26-27-40(2)3)55(46,6)37-35-47(44)54/h11-12,14-15,17-18,30,40-41,43-48,50-53,57-59H,7-10,13,16,19-29,31-39H2,1-6H3/b12-11-,15-14-,18-17-. The second kappa shape index (κ2) is 25.8. The molecule has 0 amide bonds. The van der Waals surface area contributed by atoms with Gasteiger partial charge in [0.2, 0.25) is 0 Å². The van der Waals surface area contributed by atoms with Gasteiger partial charge < -0.3 is 29.5 Å². The molecule has 7 heteroatoms. The third kappa shape index (κ3) is 14.1. The van der Waals surface area contributed by atoms with Gasteiger partial charge in [-0.3, -0.25) is 4.79 Å². The zero-order chi connectivity index (χ0) is 44.5. The van der Waals surface area contributed by atoms with Crippen LogP contribution >= 0.6 is 0 Å². The van der Waals surface area contributed by atoms with Crippen LogP contribution in [0, 0.1) is 46.3 Å². The van der Waals surface area contributed by atoms with E-state index in [1.54, 1.807) is 0 Å². The summed E-state index contributed by atoms with van der Waals surface area (Å²) < 4.78 is 18.0. The summed E-state index contributed by atoms with van der Waals surface area (Å²) in [6, 6.07) is 0. The minimum atomic E-state index is -1.45. The van der Waals surface area contributed by atoms with Gasteiger partial charge >= 0.3 is 5.97 Å². The Morgan fingerprint density at radius 1 is 0.774 bits per heavy atom. The summed E-state index contributed by atoms with van der Waals surface area (Å²) in [6.45, 7) is 14.5. The summed E-state index contributed by atoms with van der Waals surface area (Å²) in [5.74, 6) is 4.41. The maximum absolute atomic E-state index is 12.6. The van der Waals surface area contributed by atoms with Gasteiger partial charge in [0.1, 0.15) is 31.0 Å². The lowest BCUT2D eigenvalue weighted by molar-refractivity contribution is -0.313. The minimum absolute atomic E-state index is 0.145. The molecule has 5 rings (SSSR count). The smallest absolute Gasteiger partial charge is 0.305 e. The first-order valence-corrected chi connectivity index (χ1v) is 26.0. The minimum Gasteiger partial charge on any atom is -0.463 e. The van der Waals surface area contributed by atoms with Crippen LogP contribution in [0.2, 0.25) is 0 Å². The Hall–Kier alpha value is -1.77. The van der Waals surface area contributed by atoms with E-state index < -0.39 is 30.7 Å². The highest BCUT2D eigenvalue weighted by molar-refractivity contribution is 5.69. The van der Waals surface area contributed by atoms with Crippen molar-refractivity contribution in [3.05, 3.63) is 48.1 Å². The van der Waals surface area contributed by atoms with E-state index in [0.717, 1.165) is 100 Å². The van der Waals surface area contributed by atoms with Crippen LogP contribution in [-0.2, 0) is 19.0 Å². The Morgan fingerprint density at radius 3 is 2.16 bits per heavy atom. The summed E-state index contributed by atoms with van der Waals surface area (Å²) in [6.07, 6.45) is 38.1. The molecule has 13 atom stereocenters. The van der Waals surface area contributed by atoms with Crippen molar-refractivity contribution in [1.29, 1.82) is 0 Å². The highest BCUT2D eigenvalue weighted by Crippen LogP contribution is 2.67. The number of fused-ring (bicyclic) bond motifs is 5. The molecule has 7 nitrogen and oxygen atoms in total. The monoisotopic (exact) mass is 865 g/mol. The van der Waals surface area contributed by atoms with Crippen LogP contribution in [0.1, 0.15) is 202 Å². The fraction of sp³-hybridized carbons (Fsp3) is 0.836. The molecule has 0 spiro atoms. The number of ether oxygens (including phenoxy) is 3. The molecule has 1 saturated heterocycles. The first-order chi connectivity index (χ1) is 29.9. The normalized spacial score (nSPS) is 35.4. The van der Waals surface area contributed by atoms with Crippen LogP contribution in [-0.4, -0.2) is 64.7 Å². The summed E-state index contributed by atoms with van der Waals surface area (Å²) >= 11 is 0. The van der Waals surface area contributed by atoms with Gasteiger partial charge in [-0.25, -0.2) is 0 Å². The third-order valence-electron chi connectivity index (χ3n) is 16.7. The molecule has 3 N–H and O–H groups in total. The Morgan fingerprint density at radius 2 is 1.45 bits per heavy atom. The van der Waals surface area contributed by atoms with E-state index in [0.29, 0.717) is 17.8 Å². The SMILES string of the molecule is CCCCC/C=C\C/C=C\C/C=C\CCCCCCCCC(=O)OCC1OC(OC2CCC3(C)C(=CCC4C3CCC3(C)C(C(C)CCCC(C)C)CCC43)C2)C(O)C(O)C1O. The molecule has 0 radical (unpaired) electrons. The second-order valence-corrected chi connectivity index (χ2v) is 21.5. The molecule has 13 unspecified atom stereocenters. The number of unbranched alkanes of at least 4 members (excludes halogenated alkanes) is 9. The van der Waals surface area contributed by atoms with Crippen LogP contribution in [0.3, 0.4) is 0 Å². The average molecular weight is 865 g/mol. The summed E-state index contributed by atoms with van der Waals surface area (Å²) in [7, 11) is 0. The van der Waals surface area contributed by atoms with Crippen molar-refractivity contribution in [2.45, 2.75) is 239 Å². The lowest BCUT2D eigenvalue weighted by Crippen LogP contribution is -2.60. The lowest BCUT2D eigenvalue weighted by Gasteiger charge is -2.58. The molecular formula is C55H92O7. The Bertz CT molecular complexity index is 1430. The fourth-order valence-electron chi connectivity index (χ4n) is 12.9. The molecule has 3 saturated carbocycles. The van der Waals surface area contributed by atoms with E-state index in [-0.39, 0.29) is 24.1 Å². The maximum atomic E-state index is 12.6. The van der Waals surface area contributed by atoms with Crippen molar-refractivity contribution in [2.75, 3.05) is 6.61 Å². The molecule has 354 valence electrons. The van der Waals surface area contributed by atoms with Gasteiger partial charge in [0.15, 0.2) is 6.29 Å². The summed E-state index contributed by atoms with van der Waals surface area (Å²) in [5, 5.41) is 32.5. The molecule has 4 aliphatic carbocycles. The molecule has 0 aromatic carbocycles. The largest absolute Gasteiger partial charge is 0.463 e. The van der Waals surface area contributed by atoms with Gasteiger partial charge in [-0.1, -0.05) is 147 Å². The number of allylic oxidation sites excluding steroid dienone is 7. The fourth-order valence-corrected chi connectivity index (χ4v) is 12.9. The maximum Gasteiger partial charge on any atom is 0.305 e. The van der Waals surface area contributed by atoms with Gasteiger partial charge in [-0.15, -0.1) is 0 Å². The zero-order valence-electron chi connectivity index (χ0n) is 40.3. The predicted octanol–water partition coefficient (Wildman–Crippen LogP) is 12.9. The quantitative estimate of drug-likeness (QED) is 0.0452. The summed E-state index contributed by atoms with van der Waals surface area (Å²) in [5.41, 5.74) is 2.13. The van der Waals surface area contributed by atoms with Crippen LogP contribution in [0.15, 0.2) is 48.1 Å². The predicted molar refractivity (Wildman–Crippen MR) is 253 cm³/mol. The lowest BCUT2D eigenvalue weighted by atomic mass is 9.47. The first-order valence-electron chi connectivity index (χ1n) is 26.0. The van der Waals surface area contributed by atoms with Crippen molar-refractivity contribution < 1.29 is 34.3 Å². The Balaban J connectivity index is 0.971. The van der Waals surface area contributed by atoms with Crippen LogP contribution in [0.25, 0.3) is 0 Å². The van der Waals surface area contributed by atoms with Gasteiger partial charge in [-0.2, -0.15) is 0 Å². The average Bonchev–Trinajstić information content (AvgIpc) is 3.61.